The molecule has 1 aromatic rings. The molecule has 1 rings (SSSR count). The molecule has 0 aliphatic heterocycles. The molecule has 1 N–H and O–H groups in total. The van der Waals surface area contributed by atoms with E-state index < -0.39 is 0 Å². The molecule has 15 heavy (non-hydrogen) atoms. The molecule has 0 saturated heterocycles. The van der Waals surface area contributed by atoms with Gasteiger partial charge in [-0.1, -0.05) is 19.0 Å². The summed E-state index contributed by atoms with van der Waals surface area (Å²) in [5.74, 6) is 1.26. The predicted octanol–water partition coefficient (Wildman–Crippen LogP) is 2.54. The molecule has 84 valence electrons. The lowest BCUT2D eigenvalue weighted by molar-refractivity contribution is 0.321. The van der Waals surface area contributed by atoms with E-state index >= 15 is 0 Å². The lowest BCUT2D eigenvalue weighted by Gasteiger charge is -2.06. The first-order valence-corrected chi connectivity index (χ1v) is 4.71. The van der Waals surface area contributed by atoms with Crippen molar-refractivity contribution in [3.8, 4) is 11.5 Å². The molecule has 1 aromatic carbocycles. The minimum atomic E-state index is 0.611. The van der Waals surface area contributed by atoms with Crippen molar-refractivity contribution < 1.29 is 14.7 Å². The van der Waals surface area contributed by atoms with Crippen molar-refractivity contribution in [2.75, 3.05) is 14.2 Å². The van der Waals surface area contributed by atoms with Gasteiger partial charge in [-0.25, -0.2) is 0 Å². The van der Waals surface area contributed by atoms with Crippen molar-refractivity contribution in [1.29, 1.82) is 0 Å². The van der Waals surface area contributed by atoms with E-state index in [1.807, 2.05) is 13.8 Å². The van der Waals surface area contributed by atoms with Crippen LogP contribution in [0.15, 0.2) is 23.4 Å². The third kappa shape index (κ3) is 3.89. The molecule has 0 fully saturated rings. The molecule has 0 radical (unpaired) electrons. The Morgan fingerprint density at radius 2 is 1.73 bits per heavy atom. The van der Waals surface area contributed by atoms with Gasteiger partial charge in [0.1, 0.15) is 0 Å². The van der Waals surface area contributed by atoms with Crippen molar-refractivity contribution >= 4 is 6.21 Å². The van der Waals surface area contributed by atoms with E-state index in [9.17, 15) is 0 Å². The maximum atomic E-state index is 8.31. The molecule has 0 aliphatic carbocycles. The monoisotopic (exact) mass is 211 g/mol. The Balaban J connectivity index is 0.000000921. The average Bonchev–Trinajstić information content (AvgIpc) is 2.32. The fourth-order valence-corrected chi connectivity index (χ4v) is 1.000. The van der Waals surface area contributed by atoms with E-state index in [0.717, 1.165) is 5.56 Å². The molecule has 4 nitrogen and oxygen atoms in total. The quantitative estimate of drug-likeness (QED) is 0.475. The Kier molecular flexibility index (Phi) is 6.80. The topological polar surface area (TPSA) is 51.0 Å². The zero-order valence-electron chi connectivity index (χ0n) is 9.52. The van der Waals surface area contributed by atoms with Crippen LogP contribution in [0.3, 0.4) is 0 Å². The van der Waals surface area contributed by atoms with Crippen molar-refractivity contribution in [3.05, 3.63) is 23.8 Å². The van der Waals surface area contributed by atoms with Gasteiger partial charge < -0.3 is 14.7 Å². The van der Waals surface area contributed by atoms with E-state index in [0.29, 0.717) is 11.5 Å². The van der Waals surface area contributed by atoms with E-state index in [2.05, 4.69) is 5.16 Å². The number of ether oxygens (including phenoxy) is 2. The molecule has 0 bridgehead atoms. The SMILES string of the molecule is CC.COc1ccc(/C=N\O)cc1OC. The van der Waals surface area contributed by atoms with Gasteiger partial charge in [0.2, 0.25) is 0 Å². The minimum absolute atomic E-state index is 0.611. The summed E-state index contributed by atoms with van der Waals surface area (Å²) in [7, 11) is 3.12. The van der Waals surface area contributed by atoms with E-state index in [1.54, 1.807) is 32.4 Å². The van der Waals surface area contributed by atoms with Gasteiger partial charge in [0, 0.05) is 5.56 Å². The summed E-state index contributed by atoms with van der Waals surface area (Å²) >= 11 is 0. The van der Waals surface area contributed by atoms with Crippen molar-refractivity contribution in [3.63, 3.8) is 0 Å². The molecule has 0 amide bonds. The average molecular weight is 211 g/mol. The van der Waals surface area contributed by atoms with Gasteiger partial charge in [0.05, 0.1) is 20.4 Å². The molecule has 0 aromatic heterocycles. The van der Waals surface area contributed by atoms with Gasteiger partial charge in [-0.05, 0) is 18.2 Å². The van der Waals surface area contributed by atoms with Crippen molar-refractivity contribution in [2.24, 2.45) is 5.16 Å². The van der Waals surface area contributed by atoms with Crippen LogP contribution in [-0.4, -0.2) is 25.6 Å². The lowest BCUT2D eigenvalue weighted by Crippen LogP contribution is -1.91. The Labute approximate surface area is 90.1 Å². The van der Waals surface area contributed by atoms with Gasteiger partial charge in [-0.2, -0.15) is 0 Å². The first kappa shape index (κ1) is 13.3. The van der Waals surface area contributed by atoms with E-state index in [4.69, 9.17) is 14.7 Å². The second kappa shape index (κ2) is 7.67. The summed E-state index contributed by atoms with van der Waals surface area (Å²) in [5, 5.41) is 11.2. The fraction of sp³-hybridized carbons (Fsp3) is 0.364. The number of hydrogen-bond acceptors (Lipinski definition) is 4. The lowest BCUT2D eigenvalue weighted by atomic mass is 10.2. The normalized spacial score (nSPS) is 9.33. The van der Waals surface area contributed by atoms with Crippen LogP contribution >= 0.6 is 0 Å². The third-order valence-corrected chi connectivity index (χ3v) is 1.61. The molecule has 0 unspecified atom stereocenters. The highest BCUT2D eigenvalue weighted by atomic mass is 16.5. The number of methoxy groups -OCH3 is 2. The summed E-state index contributed by atoms with van der Waals surface area (Å²) in [6, 6.07) is 5.23. The van der Waals surface area contributed by atoms with Crippen LogP contribution in [0.1, 0.15) is 19.4 Å². The van der Waals surface area contributed by atoms with Gasteiger partial charge in [-0.15, -0.1) is 0 Å². The number of nitrogens with zero attached hydrogens (tertiary/aromatic N) is 1. The van der Waals surface area contributed by atoms with Crippen LogP contribution < -0.4 is 9.47 Å². The standard InChI is InChI=1S/C9H11NO3.C2H6/c1-12-8-4-3-7(6-10-11)5-9(8)13-2;1-2/h3-6,11H,1-2H3;1-2H3/b10-6-;. The third-order valence-electron chi connectivity index (χ3n) is 1.61. The zero-order valence-corrected chi connectivity index (χ0v) is 9.52. The molecule has 0 saturated carbocycles. The van der Waals surface area contributed by atoms with Crippen LogP contribution in [0.25, 0.3) is 0 Å². The summed E-state index contributed by atoms with van der Waals surface area (Å²) in [5.41, 5.74) is 0.750. The van der Waals surface area contributed by atoms with Crippen LogP contribution in [0.2, 0.25) is 0 Å². The summed E-state index contributed by atoms with van der Waals surface area (Å²) in [6.45, 7) is 4.00. The number of benzene rings is 1. The van der Waals surface area contributed by atoms with Crippen LogP contribution in [-0.2, 0) is 0 Å². The van der Waals surface area contributed by atoms with Gasteiger partial charge in [-0.3, -0.25) is 0 Å². The zero-order chi connectivity index (χ0) is 11.7. The maximum absolute atomic E-state index is 8.31. The molecular formula is C11H17NO3. The highest BCUT2D eigenvalue weighted by Crippen LogP contribution is 2.26. The van der Waals surface area contributed by atoms with Gasteiger partial charge >= 0.3 is 0 Å². The Morgan fingerprint density at radius 3 is 2.20 bits per heavy atom. The second-order valence-electron chi connectivity index (χ2n) is 2.36. The van der Waals surface area contributed by atoms with Gasteiger partial charge in [0.25, 0.3) is 0 Å². The number of rotatable bonds is 3. The van der Waals surface area contributed by atoms with E-state index in [1.165, 1.54) is 6.21 Å². The summed E-state index contributed by atoms with van der Waals surface area (Å²) in [4.78, 5) is 0. The maximum Gasteiger partial charge on any atom is 0.161 e. The first-order valence-electron chi connectivity index (χ1n) is 4.71. The van der Waals surface area contributed by atoms with Crippen LogP contribution in [0.4, 0.5) is 0 Å². The second-order valence-corrected chi connectivity index (χ2v) is 2.36. The Hall–Kier alpha value is -1.71. The highest BCUT2D eigenvalue weighted by molar-refractivity contribution is 5.80. The largest absolute Gasteiger partial charge is 0.493 e. The van der Waals surface area contributed by atoms with Crippen molar-refractivity contribution in [2.45, 2.75) is 13.8 Å². The molecule has 0 aliphatic rings. The molecular weight excluding hydrogens is 194 g/mol. The van der Waals surface area contributed by atoms with Crippen molar-refractivity contribution in [1.82, 2.24) is 0 Å². The Morgan fingerprint density at radius 1 is 1.13 bits per heavy atom. The smallest absolute Gasteiger partial charge is 0.161 e. The molecule has 0 atom stereocenters. The summed E-state index contributed by atoms with van der Waals surface area (Å²) < 4.78 is 10.1. The number of oxime groups is 1. The summed E-state index contributed by atoms with van der Waals surface area (Å²) in [6.07, 6.45) is 1.32. The first-order chi connectivity index (χ1) is 7.31. The van der Waals surface area contributed by atoms with Gasteiger partial charge in [0.15, 0.2) is 11.5 Å². The van der Waals surface area contributed by atoms with E-state index in [-0.39, 0.29) is 0 Å². The molecule has 0 heterocycles. The van der Waals surface area contributed by atoms with Crippen LogP contribution in [0, 0.1) is 0 Å². The minimum Gasteiger partial charge on any atom is -0.493 e. The van der Waals surface area contributed by atoms with Crippen LogP contribution in [0.5, 0.6) is 11.5 Å². The molecule has 4 heteroatoms. The number of hydrogen-bond donors (Lipinski definition) is 1. The predicted molar refractivity (Wildman–Crippen MR) is 60.3 cm³/mol. The Bertz CT molecular complexity index is 311. The molecule has 0 spiro atoms. The highest BCUT2D eigenvalue weighted by Gasteiger charge is 2.02. The fourth-order valence-electron chi connectivity index (χ4n) is 1.000.